The number of unbranched alkanes of at least 4 members (excludes halogenated alkanes) is 14. The molecule has 0 heterocycles. The maximum atomic E-state index is 10.6. The molecule has 0 aliphatic carbocycles. The first-order valence-corrected chi connectivity index (χ1v) is 11.2. The van der Waals surface area contributed by atoms with Crippen molar-refractivity contribution in [2.75, 3.05) is 6.61 Å². The second-order valence-corrected chi connectivity index (χ2v) is 7.12. The van der Waals surface area contributed by atoms with E-state index in [-0.39, 0.29) is 11.9 Å². The van der Waals surface area contributed by atoms with Gasteiger partial charge in [0.05, 0.1) is 6.61 Å². The zero-order valence-corrected chi connectivity index (χ0v) is 18.1. The molecule has 0 saturated heterocycles. The standard InChI is InChI=1S/C18H37NO.C5H8O2/c1-2-3-4-5-6-7-8-9-10-11-12-13-14-15-16-17-18(19)20;1-3-5(6)7-4-2/h2-17H2,1H3,(H2,19,20);3H,1,4H2,2H3. The van der Waals surface area contributed by atoms with E-state index in [0.29, 0.717) is 13.0 Å². The Hall–Kier alpha value is -1.32. The lowest BCUT2D eigenvalue weighted by molar-refractivity contribution is -0.137. The van der Waals surface area contributed by atoms with Gasteiger partial charge in [-0.1, -0.05) is 103 Å². The Morgan fingerprint density at radius 1 is 0.741 bits per heavy atom. The smallest absolute Gasteiger partial charge is 0.330 e. The first kappa shape index (κ1) is 27.9. The fraction of sp³-hybridized carbons (Fsp3) is 0.826. The summed E-state index contributed by atoms with van der Waals surface area (Å²) in [4.78, 5) is 20.6. The first-order valence-electron chi connectivity index (χ1n) is 11.2. The molecule has 160 valence electrons. The Labute approximate surface area is 168 Å². The molecule has 4 nitrogen and oxygen atoms in total. The number of carbonyl (C=O) groups excluding carboxylic acids is 2. The van der Waals surface area contributed by atoms with E-state index in [2.05, 4.69) is 18.2 Å². The molecule has 2 N–H and O–H groups in total. The number of rotatable bonds is 18. The second kappa shape index (κ2) is 24.7. The Balaban J connectivity index is 0. The number of esters is 1. The number of hydrogen-bond donors (Lipinski definition) is 1. The van der Waals surface area contributed by atoms with E-state index in [1.165, 1.54) is 89.9 Å². The van der Waals surface area contributed by atoms with E-state index >= 15 is 0 Å². The van der Waals surface area contributed by atoms with Gasteiger partial charge in [0.25, 0.3) is 0 Å². The van der Waals surface area contributed by atoms with Crippen molar-refractivity contribution in [3.05, 3.63) is 12.7 Å². The molecule has 0 aromatic rings. The summed E-state index contributed by atoms with van der Waals surface area (Å²) in [7, 11) is 0. The Kier molecular flexibility index (Phi) is 25.5. The molecule has 0 bridgehead atoms. The van der Waals surface area contributed by atoms with Gasteiger partial charge in [-0.05, 0) is 13.3 Å². The van der Waals surface area contributed by atoms with Gasteiger partial charge >= 0.3 is 5.97 Å². The van der Waals surface area contributed by atoms with Crippen molar-refractivity contribution in [1.82, 2.24) is 0 Å². The highest BCUT2D eigenvalue weighted by Crippen LogP contribution is 2.13. The molecule has 0 aliphatic heterocycles. The Morgan fingerprint density at radius 3 is 1.37 bits per heavy atom. The van der Waals surface area contributed by atoms with Crippen molar-refractivity contribution in [3.63, 3.8) is 0 Å². The largest absolute Gasteiger partial charge is 0.463 e. The summed E-state index contributed by atoms with van der Waals surface area (Å²) in [5, 5.41) is 0. The molecule has 4 heteroatoms. The van der Waals surface area contributed by atoms with Gasteiger partial charge in [-0.2, -0.15) is 0 Å². The molecule has 0 radical (unpaired) electrons. The zero-order valence-electron chi connectivity index (χ0n) is 18.1. The molecule has 0 rings (SSSR count). The summed E-state index contributed by atoms with van der Waals surface area (Å²) in [6, 6.07) is 0. The third-order valence-corrected chi connectivity index (χ3v) is 4.48. The van der Waals surface area contributed by atoms with Crippen LogP contribution in [0.15, 0.2) is 12.7 Å². The van der Waals surface area contributed by atoms with Gasteiger partial charge in [-0.25, -0.2) is 4.79 Å². The quantitative estimate of drug-likeness (QED) is 0.167. The van der Waals surface area contributed by atoms with Crippen LogP contribution in [-0.4, -0.2) is 18.5 Å². The average molecular weight is 384 g/mol. The number of ether oxygens (including phenoxy) is 1. The van der Waals surface area contributed by atoms with E-state index in [4.69, 9.17) is 5.73 Å². The van der Waals surface area contributed by atoms with Crippen LogP contribution >= 0.6 is 0 Å². The summed E-state index contributed by atoms with van der Waals surface area (Å²) < 4.78 is 4.43. The van der Waals surface area contributed by atoms with E-state index in [0.717, 1.165) is 12.5 Å². The molecule has 0 spiro atoms. The summed E-state index contributed by atoms with van der Waals surface area (Å²) >= 11 is 0. The van der Waals surface area contributed by atoms with Gasteiger partial charge in [0.2, 0.25) is 5.91 Å². The maximum absolute atomic E-state index is 10.6. The predicted octanol–water partition coefficient (Wildman–Crippen LogP) is 6.47. The summed E-state index contributed by atoms with van der Waals surface area (Å²) in [6.45, 7) is 7.65. The van der Waals surface area contributed by atoms with Crippen molar-refractivity contribution in [2.24, 2.45) is 5.73 Å². The zero-order chi connectivity index (χ0) is 20.6. The molecule has 27 heavy (non-hydrogen) atoms. The van der Waals surface area contributed by atoms with Crippen molar-refractivity contribution in [1.29, 1.82) is 0 Å². The van der Waals surface area contributed by atoms with Crippen molar-refractivity contribution >= 4 is 11.9 Å². The minimum Gasteiger partial charge on any atom is -0.463 e. The van der Waals surface area contributed by atoms with Gasteiger partial charge in [0.15, 0.2) is 0 Å². The highest BCUT2D eigenvalue weighted by atomic mass is 16.5. The van der Waals surface area contributed by atoms with Gasteiger partial charge in [0.1, 0.15) is 0 Å². The van der Waals surface area contributed by atoms with Gasteiger partial charge in [0, 0.05) is 12.5 Å². The summed E-state index contributed by atoms with van der Waals surface area (Å²) in [5.74, 6) is -0.512. The second-order valence-electron chi connectivity index (χ2n) is 7.12. The highest BCUT2D eigenvalue weighted by molar-refractivity contribution is 5.81. The minimum absolute atomic E-state index is 0.153. The normalized spacial score (nSPS) is 10.0. The molecule has 0 aromatic heterocycles. The third kappa shape index (κ3) is 29.7. The topological polar surface area (TPSA) is 69.4 Å². The van der Waals surface area contributed by atoms with Crippen LogP contribution in [0.2, 0.25) is 0 Å². The Morgan fingerprint density at radius 2 is 1.11 bits per heavy atom. The molecule has 0 unspecified atom stereocenters. The van der Waals surface area contributed by atoms with E-state index < -0.39 is 0 Å². The van der Waals surface area contributed by atoms with E-state index in [1.54, 1.807) is 6.92 Å². The summed E-state index contributed by atoms with van der Waals surface area (Å²) in [6.07, 6.45) is 22.0. The van der Waals surface area contributed by atoms with Crippen LogP contribution in [-0.2, 0) is 14.3 Å². The fourth-order valence-electron chi connectivity index (χ4n) is 2.87. The van der Waals surface area contributed by atoms with Crippen LogP contribution in [0.5, 0.6) is 0 Å². The lowest BCUT2D eigenvalue weighted by Gasteiger charge is -2.03. The molecule has 0 fully saturated rings. The van der Waals surface area contributed by atoms with Crippen LogP contribution in [0.1, 0.15) is 117 Å². The number of hydrogen-bond acceptors (Lipinski definition) is 3. The highest BCUT2D eigenvalue weighted by Gasteiger charge is 1.96. The first-order chi connectivity index (χ1) is 13.1. The third-order valence-electron chi connectivity index (χ3n) is 4.48. The average Bonchev–Trinajstić information content (AvgIpc) is 2.65. The maximum Gasteiger partial charge on any atom is 0.330 e. The lowest BCUT2D eigenvalue weighted by atomic mass is 10.0. The van der Waals surface area contributed by atoms with Gasteiger partial charge in [-0.15, -0.1) is 0 Å². The predicted molar refractivity (Wildman–Crippen MR) is 116 cm³/mol. The SMILES string of the molecule is C=CC(=O)OCC.CCCCCCCCCCCCCCCCCC(N)=O. The number of amides is 1. The molecular weight excluding hydrogens is 338 g/mol. The molecule has 1 amide bonds. The molecule has 0 saturated carbocycles. The van der Waals surface area contributed by atoms with Crippen LogP contribution in [0.3, 0.4) is 0 Å². The van der Waals surface area contributed by atoms with Gasteiger partial charge < -0.3 is 10.5 Å². The van der Waals surface area contributed by atoms with E-state index in [9.17, 15) is 9.59 Å². The van der Waals surface area contributed by atoms with E-state index in [1.807, 2.05) is 0 Å². The summed E-state index contributed by atoms with van der Waals surface area (Å²) in [5.41, 5.74) is 5.11. The van der Waals surface area contributed by atoms with Crippen LogP contribution in [0, 0.1) is 0 Å². The van der Waals surface area contributed by atoms with Crippen molar-refractivity contribution in [3.8, 4) is 0 Å². The van der Waals surface area contributed by atoms with Crippen LogP contribution in [0.25, 0.3) is 0 Å². The Bertz CT molecular complexity index is 343. The van der Waals surface area contributed by atoms with Crippen LogP contribution < -0.4 is 5.73 Å². The lowest BCUT2D eigenvalue weighted by Crippen LogP contribution is -2.09. The molecule has 0 atom stereocenters. The van der Waals surface area contributed by atoms with Crippen molar-refractivity contribution in [2.45, 2.75) is 117 Å². The van der Waals surface area contributed by atoms with Crippen molar-refractivity contribution < 1.29 is 14.3 Å². The van der Waals surface area contributed by atoms with Crippen LogP contribution in [0.4, 0.5) is 0 Å². The number of primary amides is 1. The fourth-order valence-corrected chi connectivity index (χ4v) is 2.87. The number of carbonyl (C=O) groups is 2. The van der Waals surface area contributed by atoms with Gasteiger partial charge in [-0.3, -0.25) is 4.79 Å². The molecule has 0 aliphatic rings. The molecule has 0 aromatic carbocycles. The monoisotopic (exact) mass is 383 g/mol. The number of nitrogens with two attached hydrogens (primary N) is 1. The minimum atomic E-state index is -0.359. The molecular formula is C23H45NO3.